The molecule has 6 atom stereocenters. The fourth-order valence-electron chi connectivity index (χ4n) is 9.61. The maximum absolute atomic E-state index is 17.6. The highest BCUT2D eigenvalue weighted by molar-refractivity contribution is 6.04. The quantitative estimate of drug-likeness (QED) is 0.148. The molecule has 0 spiro atoms. The average molecular weight is 787 g/mol. The van der Waals surface area contributed by atoms with Gasteiger partial charge in [0.05, 0.1) is 18.1 Å². The lowest BCUT2D eigenvalue weighted by Crippen LogP contribution is -2.59. The minimum Gasteiger partial charge on any atom is -0.472 e. The summed E-state index contributed by atoms with van der Waals surface area (Å²) in [4.78, 5) is 33.6. The standard InChI is InChI=1S/C42H45F3N6O6/c1-8-24-10-9-11-25-16-26(55-21-53-7)17-27(29(24)25)32-31(43)33-30-36(48-38(47-33)54-20-41-12-13-49(41)19-42(44,45)18-41)50-14-15-51(39(52)57-40(4,5)6)34-22(2)28(34)35(50)23(3)56-37(30)46-32/h1,9-11,16-17,22-23,28,34-35H,12-15,18-21H2,2-7H3/t22?,23-,28-,34?,35?,41?/m0/s1. The average Bonchev–Trinajstić information content (AvgIpc) is 3.82. The van der Waals surface area contributed by atoms with Crippen molar-refractivity contribution in [2.24, 2.45) is 11.8 Å². The highest BCUT2D eigenvalue weighted by Gasteiger charge is 2.62. The third kappa shape index (κ3) is 6.23. The zero-order chi connectivity index (χ0) is 40.2. The number of amides is 1. The molecular weight excluding hydrogens is 741 g/mol. The van der Waals surface area contributed by atoms with Crippen LogP contribution < -0.4 is 19.1 Å². The molecule has 1 saturated carbocycles. The molecule has 2 aromatic heterocycles. The smallest absolute Gasteiger partial charge is 0.410 e. The topological polar surface area (TPSA) is 112 Å². The number of fused-ring (bicyclic) bond motifs is 6. The van der Waals surface area contributed by atoms with Crippen molar-refractivity contribution in [3.05, 3.63) is 41.7 Å². The van der Waals surface area contributed by atoms with E-state index in [1.165, 1.54) is 7.11 Å². The maximum Gasteiger partial charge on any atom is 0.410 e. The number of hydrogen-bond donors (Lipinski definition) is 0. The van der Waals surface area contributed by atoms with Gasteiger partial charge in [0.25, 0.3) is 5.92 Å². The van der Waals surface area contributed by atoms with Crippen LogP contribution in [0.15, 0.2) is 30.3 Å². The first-order valence-corrected chi connectivity index (χ1v) is 19.4. The van der Waals surface area contributed by atoms with Crippen molar-refractivity contribution in [2.45, 2.75) is 82.7 Å². The van der Waals surface area contributed by atoms with Crippen molar-refractivity contribution in [3.8, 4) is 41.2 Å². The second kappa shape index (κ2) is 13.2. The number of anilines is 1. The lowest BCUT2D eigenvalue weighted by molar-refractivity contribution is -0.0132. The van der Waals surface area contributed by atoms with Gasteiger partial charge >= 0.3 is 12.1 Å². The highest BCUT2D eigenvalue weighted by Crippen LogP contribution is 2.54. The van der Waals surface area contributed by atoms with E-state index in [1.54, 1.807) is 28.0 Å². The van der Waals surface area contributed by atoms with Gasteiger partial charge in [-0.05, 0) is 63.6 Å². The number of rotatable bonds is 7. The zero-order valence-electron chi connectivity index (χ0n) is 32.8. The highest BCUT2D eigenvalue weighted by atomic mass is 19.3. The van der Waals surface area contributed by atoms with Gasteiger partial charge in [-0.1, -0.05) is 25.0 Å². The molecule has 0 radical (unpaired) electrons. The van der Waals surface area contributed by atoms with E-state index in [1.807, 2.05) is 44.7 Å². The number of terminal acetylenes is 1. The summed E-state index contributed by atoms with van der Waals surface area (Å²) in [6.45, 7) is 10.2. The molecule has 4 unspecified atom stereocenters. The van der Waals surface area contributed by atoms with Crippen molar-refractivity contribution in [3.63, 3.8) is 0 Å². The Morgan fingerprint density at radius 1 is 1.07 bits per heavy atom. The fraction of sp³-hybridized carbons (Fsp3) is 0.524. The second-order valence-corrected chi connectivity index (χ2v) is 17.0. The molecule has 5 aliphatic rings. The summed E-state index contributed by atoms with van der Waals surface area (Å²) in [5, 5.41) is 1.50. The molecule has 4 aromatic rings. The molecular formula is C42H45F3N6O6. The number of carbonyl (C=O) groups excluding carboxylic acids is 1. The molecule has 12 nitrogen and oxygen atoms in total. The van der Waals surface area contributed by atoms with Crippen molar-refractivity contribution in [1.29, 1.82) is 0 Å². The van der Waals surface area contributed by atoms with E-state index >= 15 is 4.39 Å². The summed E-state index contributed by atoms with van der Waals surface area (Å²) in [5.41, 5.74) is -0.898. The van der Waals surface area contributed by atoms with Crippen molar-refractivity contribution in [1.82, 2.24) is 24.8 Å². The Morgan fingerprint density at radius 3 is 2.58 bits per heavy atom. The van der Waals surface area contributed by atoms with Gasteiger partial charge in [0, 0.05) is 61.6 Å². The van der Waals surface area contributed by atoms with Crippen LogP contribution in [0.1, 0.15) is 53.0 Å². The fourth-order valence-corrected chi connectivity index (χ4v) is 9.61. The largest absolute Gasteiger partial charge is 0.472 e. The number of halogens is 3. The summed E-state index contributed by atoms with van der Waals surface area (Å²) in [6.07, 6.45) is 5.25. The molecule has 3 saturated heterocycles. The summed E-state index contributed by atoms with van der Waals surface area (Å²) in [6, 6.07) is 8.26. The Hall–Kier alpha value is -5.07. The van der Waals surface area contributed by atoms with E-state index in [-0.39, 0.29) is 78.8 Å². The molecule has 1 amide bonds. The molecule has 300 valence electrons. The Morgan fingerprint density at radius 2 is 1.88 bits per heavy atom. The van der Waals surface area contributed by atoms with Crippen molar-refractivity contribution in [2.75, 3.05) is 51.6 Å². The summed E-state index contributed by atoms with van der Waals surface area (Å²) >= 11 is 0. The molecule has 2 aromatic carbocycles. The van der Waals surface area contributed by atoms with Crippen LogP contribution in [0.5, 0.6) is 17.6 Å². The van der Waals surface area contributed by atoms with Crippen LogP contribution in [0.2, 0.25) is 0 Å². The van der Waals surface area contributed by atoms with Crippen LogP contribution in [-0.2, 0) is 9.47 Å². The van der Waals surface area contributed by atoms with Crippen LogP contribution in [0, 0.1) is 30.0 Å². The maximum atomic E-state index is 17.6. The third-order valence-corrected chi connectivity index (χ3v) is 12.2. The molecule has 57 heavy (non-hydrogen) atoms. The van der Waals surface area contributed by atoms with Crippen LogP contribution in [0.3, 0.4) is 0 Å². The van der Waals surface area contributed by atoms with E-state index in [2.05, 4.69) is 17.8 Å². The zero-order valence-corrected chi connectivity index (χ0v) is 32.8. The van der Waals surface area contributed by atoms with E-state index in [0.717, 1.165) is 0 Å². The Bertz CT molecular complexity index is 2350. The van der Waals surface area contributed by atoms with Crippen LogP contribution in [0.4, 0.5) is 23.8 Å². The number of benzene rings is 2. The van der Waals surface area contributed by atoms with Gasteiger partial charge in [-0.15, -0.1) is 6.42 Å². The van der Waals surface area contributed by atoms with Gasteiger partial charge in [-0.25, -0.2) is 22.9 Å². The van der Waals surface area contributed by atoms with Gasteiger partial charge in [0.2, 0.25) is 5.88 Å². The number of methoxy groups -OCH3 is 1. The monoisotopic (exact) mass is 786 g/mol. The number of pyridine rings is 1. The van der Waals surface area contributed by atoms with Crippen LogP contribution >= 0.6 is 0 Å². The van der Waals surface area contributed by atoms with Gasteiger partial charge in [0.15, 0.2) is 12.6 Å². The molecule has 1 aliphatic carbocycles. The van der Waals surface area contributed by atoms with Crippen molar-refractivity contribution >= 4 is 33.6 Å². The molecule has 15 heteroatoms. The lowest BCUT2D eigenvalue weighted by atomic mass is 9.85. The van der Waals surface area contributed by atoms with E-state index in [9.17, 15) is 13.6 Å². The molecule has 9 rings (SSSR count). The molecule has 4 fully saturated rings. The normalized spacial score (nSPS) is 27.3. The van der Waals surface area contributed by atoms with Crippen LogP contribution in [0.25, 0.3) is 32.9 Å². The summed E-state index contributed by atoms with van der Waals surface area (Å²) in [5.74, 6) is -0.0356. The molecule has 6 heterocycles. The Balaban J connectivity index is 1.22. The van der Waals surface area contributed by atoms with Crippen molar-refractivity contribution < 1.29 is 41.7 Å². The lowest BCUT2D eigenvalue weighted by Gasteiger charge is -2.46. The summed E-state index contributed by atoms with van der Waals surface area (Å²) < 4.78 is 76.7. The van der Waals surface area contributed by atoms with E-state index < -0.39 is 35.1 Å². The van der Waals surface area contributed by atoms with Gasteiger partial charge in [-0.3, -0.25) is 4.90 Å². The van der Waals surface area contributed by atoms with Gasteiger partial charge in [-0.2, -0.15) is 9.97 Å². The summed E-state index contributed by atoms with van der Waals surface area (Å²) in [7, 11) is 1.50. The minimum absolute atomic E-state index is 0.0510. The first-order chi connectivity index (χ1) is 27.1. The Kier molecular flexibility index (Phi) is 8.71. The Labute approximate surface area is 328 Å². The number of aromatic nitrogens is 3. The number of carbonyl (C=O) groups is 1. The SMILES string of the molecule is C#Cc1cccc2cc(OCOC)cc(-c3nc4c5c(nc(OCC67CCN6CC(F)(F)C7)nc5c3F)N3CCN(C(=O)OC(C)(C)C)C5C(C)[C@@H]5C3[C@H](C)O4)c12. The predicted molar refractivity (Wildman–Crippen MR) is 205 cm³/mol. The first kappa shape index (κ1) is 37.5. The van der Waals surface area contributed by atoms with Gasteiger partial charge < -0.3 is 33.5 Å². The molecule has 0 N–H and O–H groups in total. The number of alkyl halides is 2. The minimum atomic E-state index is -2.85. The second-order valence-electron chi connectivity index (χ2n) is 17.0. The van der Waals surface area contributed by atoms with Crippen LogP contribution in [-0.4, -0.2) is 113 Å². The number of ether oxygens (including phenoxy) is 5. The van der Waals surface area contributed by atoms with E-state index in [0.29, 0.717) is 59.5 Å². The third-order valence-electron chi connectivity index (χ3n) is 12.2. The first-order valence-electron chi connectivity index (χ1n) is 19.4. The van der Waals surface area contributed by atoms with Gasteiger partial charge in [0.1, 0.15) is 46.5 Å². The number of nitrogens with zero attached hydrogens (tertiary/aromatic N) is 6. The number of hydrogen-bond acceptors (Lipinski definition) is 11. The molecule has 4 aliphatic heterocycles. The van der Waals surface area contributed by atoms with E-state index in [4.69, 9.17) is 40.1 Å². The predicted octanol–water partition coefficient (Wildman–Crippen LogP) is 6.65. The molecule has 0 bridgehead atoms.